The maximum Gasteiger partial charge on any atom is 0.534 e. The molecule has 0 N–H and O–H groups in total. The van der Waals surface area contributed by atoms with E-state index >= 15 is 0 Å². The van der Waals surface area contributed by atoms with Crippen molar-refractivity contribution < 1.29 is 44.8 Å². The Balaban J connectivity index is 3.70. The highest BCUT2D eigenvalue weighted by molar-refractivity contribution is 7.88. The summed E-state index contributed by atoms with van der Waals surface area (Å²) in [6, 6.07) is 1.19. The van der Waals surface area contributed by atoms with Crippen molar-refractivity contribution in [1.29, 1.82) is 0 Å². The van der Waals surface area contributed by atoms with E-state index in [0.29, 0.717) is 0 Å². The van der Waals surface area contributed by atoms with Gasteiger partial charge in [-0.1, -0.05) is 0 Å². The van der Waals surface area contributed by atoms with E-state index in [9.17, 15) is 26.4 Å². The maximum absolute atomic E-state index is 12.5. The Morgan fingerprint density at radius 2 is 1.61 bits per heavy atom. The molecule has 0 saturated heterocycles. The zero-order valence-corrected chi connectivity index (χ0v) is 13.3. The zero-order chi connectivity index (χ0) is 18.0. The van der Waals surface area contributed by atoms with Gasteiger partial charge in [0.1, 0.15) is 17.1 Å². The Kier molecular flexibility index (Phi) is 5.35. The second-order valence-corrected chi connectivity index (χ2v) is 5.62. The molecular weight excluding hydrogens is 345 g/mol. The molecular formula is C12H13F3O7S. The van der Waals surface area contributed by atoms with E-state index in [-0.39, 0.29) is 17.1 Å². The van der Waals surface area contributed by atoms with E-state index in [1.54, 1.807) is 0 Å². The predicted molar refractivity (Wildman–Crippen MR) is 71.2 cm³/mol. The van der Waals surface area contributed by atoms with Gasteiger partial charge in [0.05, 0.1) is 21.3 Å². The molecule has 0 unspecified atom stereocenters. The van der Waals surface area contributed by atoms with Crippen molar-refractivity contribution in [3.63, 3.8) is 0 Å². The van der Waals surface area contributed by atoms with Crippen LogP contribution in [-0.2, 0) is 14.9 Å². The van der Waals surface area contributed by atoms with Crippen molar-refractivity contribution in [2.75, 3.05) is 21.3 Å². The summed E-state index contributed by atoms with van der Waals surface area (Å²) in [5, 5.41) is 0. The number of ether oxygens (including phenoxy) is 3. The van der Waals surface area contributed by atoms with Crippen LogP contribution in [0, 0.1) is 6.92 Å². The highest BCUT2D eigenvalue weighted by Gasteiger charge is 2.49. The molecule has 0 atom stereocenters. The van der Waals surface area contributed by atoms with Crippen LogP contribution in [0.25, 0.3) is 0 Å². The number of carbonyl (C=O) groups excluding carboxylic acids is 1. The first-order valence-electron chi connectivity index (χ1n) is 5.84. The van der Waals surface area contributed by atoms with Crippen molar-refractivity contribution >= 4 is 16.1 Å². The number of rotatable bonds is 5. The molecule has 1 aromatic rings. The molecule has 0 aliphatic rings. The molecule has 0 fully saturated rings. The lowest BCUT2D eigenvalue weighted by molar-refractivity contribution is -0.0500. The summed E-state index contributed by atoms with van der Waals surface area (Å²) in [6.07, 6.45) is 0. The highest BCUT2D eigenvalue weighted by Crippen LogP contribution is 2.41. The minimum Gasteiger partial charge on any atom is -0.496 e. The van der Waals surface area contributed by atoms with E-state index < -0.39 is 32.9 Å². The van der Waals surface area contributed by atoms with Crippen LogP contribution in [0.5, 0.6) is 17.2 Å². The molecule has 11 heteroatoms. The smallest absolute Gasteiger partial charge is 0.496 e. The SMILES string of the molecule is COC(=O)c1c(OC)cc(OC)c(C)c1OS(=O)(=O)C(F)(F)F. The summed E-state index contributed by atoms with van der Waals surface area (Å²) >= 11 is 0. The largest absolute Gasteiger partial charge is 0.534 e. The average Bonchev–Trinajstić information content (AvgIpc) is 2.46. The number of esters is 1. The summed E-state index contributed by atoms with van der Waals surface area (Å²) in [7, 11) is -2.73. The van der Waals surface area contributed by atoms with Gasteiger partial charge in [-0.2, -0.15) is 21.6 Å². The first-order valence-corrected chi connectivity index (χ1v) is 7.25. The Hall–Kier alpha value is -2.17. The number of methoxy groups -OCH3 is 3. The van der Waals surface area contributed by atoms with Gasteiger partial charge in [-0.3, -0.25) is 0 Å². The standard InChI is InChI=1S/C12H13F3O7S/c1-6-7(19-2)5-8(20-3)9(11(16)21-4)10(6)22-23(17,18)12(13,14)15/h5H,1-4H3. The van der Waals surface area contributed by atoms with Crippen LogP contribution in [-0.4, -0.2) is 41.2 Å². The first-order chi connectivity index (χ1) is 10.5. The average molecular weight is 358 g/mol. The zero-order valence-electron chi connectivity index (χ0n) is 12.5. The van der Waals surface area contributed by atoms with Crippen LogP contribution in [0.3, 0.4) is 0 Å². The van der Waals surface area contributed by atoms with Gasteiger partial charge < -0.3 is 18.4 Å². The van der Waals surface area contributed by atoms with E-state index in [1.807, 2.05) is 0 Å². The van der Waals surface area contributed by atoms with Crippen LogP contribution in [0.4, 0.5) is 13.2 Å². The van der Waals surface area contributed by atoms with Gasteiger partial charge in [0.25, 0.3) is 0 Å². The Morgan fingerprint density at radius 3 is 2.00 bits per heavy atom. The lowest BCUT2D eigenvalue weighted by Crippen LogP contribution is -2.29. The number of halogens is 3. The molecule has 0 spiro atoms. The quantitative estimate of drug-likeness (QED) is 0.452. The number of hydrogen-bond acceptors (Lipinski definition) is 7. The van der Waals surface area contributed by atoms with Gasteiger partial charge in [-0.15, -0.1) is 0 Å². The summed E-state index contributed by atoms with van der Waals surface area (Å²) in [5.74, 6) is -2.33. The number of hydrogen-bond donors (Lipinski definition) is 0. The molecule has 0 aromatic heterocycles. The lowest BCUT2D eigenvalue weighted by Gasteiger charge is -2.18. The highest BCUT2D eigenvalue weighted by atomic mass is 32.2. The third-order valence-electron chi connectivity index (χ3n) is 2.75. The minimum absolute atomic E-state index is 0.0399. The predicted octanol–water partition coefficient (Wildman–Crippen LogP) is 2.03. The van der Waals surface area contributed by atoms with Crippen LogP contribution in [0.1, 0.15) is 15.9 Å². The molecule has 1 rings (SSSR count). The fourth-order valence-corrected chi connectivity index (χ4v) is 2.16. The number of alkyl halides is 3. The third-order valence-corrected chi connectivity index (χ3v) is 3.70. The Labute approximate surface area is 130 Å². The maximum atomic E-state index is 12.5. The lowest BCUT2D eigenvalue weighted by atomic mass is 10.1. The van der Waals surface area contributed by atoms with Crippen LogP contribution in [0.15, 0.2) is 6.07 Å². The second kappa shape index (κ2) is 6.52. The van der Waals surface area contributed by atoms with Crippen LogP contribution < -0.4 is 13.7 Å². The normalized spacial score (nSPS) is 11.8. The van der Waals surface area contributed by atoms with Gasteiger partial charge in [0.2, 0.25) is 0 Å². The van der Waals surface area contributed by atoms with E-state index in [1.165, 1.54) is 20.1 Å². The summed E-state index contributed by atoms with van der Waals surface area (Å²) in [5.41, 5.74) is -6.44. The minimum atomic E-state index is -6.01. The van der Waals surface area contributed by atoms with Gasteiger partial charge in [0, 0.05) is 11.6 Å². The van der Waals surface area contributed by atoms with Crippen molar-refractivity contribution in [3.8, 4) is 17.2 Å². The monoisotopic (exact) mass is 358 g/mol. The molecule has 7 nitrogen and oxygen atoms in total. The molecule has 1 aromatic carbocycles. The van der Waals surface area contributed by atoms with Crippen LogP contribution in [0.2, 0.25) is 0 Å². The number of carbonyl (C=O) groups is 1. The van der Waals surface area contributed by atoms with Crippen molar-refractivity contribution in [3.05, 3.63) is 17.2 Å². The molecule has 130 valence electrons. The number of benzene rings is 1. The van der Waals surface area contributed by atoms with Gasteiger partial charge >= 0.3 is 21.6 Å². The third kappa shape index (κ3) is 3.60. The van der Waals surface area contributed by atoms with Crippen LogP contribution >= 0.6 is 0 Å². The Morgan fingerprint density at radius 1 is 1.09 bits per heavy atom. The van der Waals surface area contributed by atoms with E-state index in [4.69, 9.17) is 9.47 Å². The summed E-state index contributed by atoms with van der Waals surface area (Å²) in [4.78, 5) is 11.8. The molecule has 0 saturated carbocycles. The van der Waals surface area contributed by atoms with Crippen molar-refractivity contribution in [2.45, 2.75) is 12.4 Å². The fraction of sp³-hybridized carbons (Fsp3) is 0.417. The molecule has 23 heavy (non-hydrogen) atoms. The van der Waals surface area contributed by atoms with Gasteiger partial charge in [-0.05, 0) is 6.92 Å². The molecule has 0 aliphatic heterocycles. The molecule has 0 amide bonds. The van der Waals surface area contributed by atoms with E-state index in [2.05, 4.69) is 8.92 Å². The van der Waals surface area contributed by atoms with E-state index in [0.717, 1.165) is 14.2 Å². The summed E-state index contributed by atoms with van der Waals surface area (Å²) < 4.78 is 78.5. The summed E-state index contributed by atoms with van der Waals surface area (Å²) in [6.45, 7) is 1.21. The van der Waals surface area contributed by atoms with Crippen molar-refractivity contribution in [1.82, 2.24) is 0 Å². The van der Waals surface area contributed by atoms with Crippen molar-refractivity contribution in [2.24, 2.45) is 0 Å². The molecule has 0 bridgehead atoms. The molecule has 0 heterocycles. The van der Waals surface area contributed by atoms with Gasteiger partial charge in [0.15, 0.2) is 5.75 Å². The van der Waals surface area contributed by atoms with Gasteiger partial charge in [-0.25, -0.2) is 4.79 Å². The molecule has 0 aliphatic carbocycles. The fourth-order valence-electron chi connectivity index (χ4n) is 1.64. The first kappa shape index (κ1) is 18.9. The Bertz CT molecular complexity index is 710. The molecule has 0 radical (unpaired) electrons. The topological polar surface area (TPSA) is 88.1 Å². The second-order valence-electron chi connectivity index (χ2n) is 4.08.